The first-order chi connectivity index (χ1) is 17.7. The van der Waals surface area contributed by atoms with E-state index in [-0.39, 0.29) is 18.2 Å². The number of likely N-dealkylation sites (tertiary alicyclic amines) is 1. The minimum Gasteiger partial charge on any atom is -0.368 e. The molecule has 190 valence electrons. The van der Waals surface area contributed by atoms with Crippen molar-refractivity contribution in [2.75, 3.05) is 17.2 Å². The zero-order chi connectivity index (χ0) is 26.3. The van der Waals surface area contributed by atoms with E-state index in [1.165, 1.54) is 4.90 Å². The van der Waals surface area contributed by atoms with Crippen molar-refractivity contribution < 1.29 is 14.4 Å². The van der Waals surface area contributed by atoms with Crippen LogP contribution in [0.4, 0.5) is 11.4 Å². The van der Waals surface area contributed by atoms with Crippen LogP contribution in [-0.2, 0) is 21.5 Å². The van der Waals surface area contributed by atoms with E-state index in [2.05, 4.69) is 26.6 Å². The molecule has 1 fully saturated rings. The number of anilines is 2. The number of nitrogens with two attached hydrogens (primary N) is 1. The highest BCUT2D eigenvalue weighted by molar-refractivity contribution is 9.10. The quantitative estimate of drug-likeness (QED) is 0.354. The molecule has 37 heavy (non-hydrogen) atoms. The number of carbonyl (C=O) groups is 3. The van der Waals surface area contributed by atoms with Gasteiger partial charge in [-0.3, -0.25) is 14.4 Å². The Morgan fingerprint density at radius 3 is 2.65 bits per heavy atom. The molecule has 3 aromatic rings. The SMILES string of the molecule is NC(=O)C1CCCN1C(=O)c1ccc(Br)cc1NC1(Cc2cccc(Cl)c2)C(=O)Nc2cc(Cl)ccc21. The average molecular weight is 602 g/mol. The monoisotopic (exact) mass is 600 g/mol. The highest BCUT2D eigenvalue weighted by Crippen LogP contribution is 2.43. The molecule has 2 heterocycles. The number of rotatable bonds is 6. The van der Waals surface area contributed by atoms with Crippen molar-refractivity contribution in [1.82, 2.24) is 4.90 Å². The second-order valence-electron chi connectivity index (χ2n) is 9.23. The van der Waals surface area contributed by atoms with Crippen LogP contribution >= 0.6 is 39.1 Å². The molecule has 0 bridgehead atoms. The smallest absolute Gasteiger partial charge is 0.256 e. The zero-order valence-electron chi connectivity index (χ0n) is 19.6. The average Bonchev–Trinajstić information content (AvgIpc) is 3.42. The van der Waals surface area contributed by atoms with Gasteiger partial charge in [-0.25, -0.2) is 0 Å². The molecule has 0 radical (unpaired) electrons. The minimum absolute atomic E-state index is 0.252. The van der Waals surface area contributed by atoms with E-state index in [1.54, 1.807) is 48.5 Å². The highest BCUT2D eigenvalue weighted by Gasteiger charge is 2.48. The van der Waals surface area contributed by atoms with Crippen molar-refractivity contribution in [2.45, 2.75) is 30.8 Å². The van der Waals surface area contributed by atoms with Gasteiger partial charge in [-0.2, -0.15) is 0 Å². The Labute approximate surface area is 232 Å². The number of nitrogens with one attached hydrogen (secondary N) is 2. The van der Waals surface area contributed by atoms with Gasteiger partial charge in [0.2, 0.25) is 5.91 Å². The van der Waals surface area contributed by atoms with Crippen LogP contribution in [0, 0.1) is 0 Å². The first-order valence-corrected chi connectivity index (χ1v) is 13.3. The molecule has 2 aliphatic rings. The molecule has 0 spiro atoms. The molecule has 2 unspecified atom stereocenters. The summed E-state index contributed by atoms with van der Waals surface area (Å²) < 4.78 is 0.715. The Balaban J connectivity index is 1.62. The number of nitrogens with zero attached hydrogens (tertiary/aromatic N) is 1. The molecule has 4 N–H and O–H groups in total. The van der Waals surface area contributed by atoms with Gasteiger partial charge in [-0.15, -0.1) is 0 Å². The number of fused-ring (bicyclic) bond motifs is 1. The Kier molecular flexibility index (Phi) is 6.91. The normalized spacial score (nSPS) is 20.5. The van der Waals surface area contributed by atoms with Crippen molar-refractivity contribution in [3.63, 3.8) is 0 Å². The van der Waals surface area contributed by atoms with Crippen LogP contribution < -0.4 is 16.4 Å². The maximum Gasteiger partial charge on any atom is 0.256 e. The second kappa shape index (κ2) is 10.0. The van der Waals surface area contributed by atoms with Crippen LogP contribution in [0.2, 0.25) is 10.0 Å². The molecule has 2 atom stereocenters. The number of amides is 3. The number of benzene rings is 3. The molecule has 5 rings (SSSR count). The predicted octanol–water partition coefficient (Wildman–Crippen LogP) is 5.35. The fourth-order valence-corrected chi connectivity index (χ4v) is 5.88. The van der Waals surface area contributed by atoms with Gasteiger partial charge in [0, 0.05) is 44.4 Å². The topological polar surface area (TPSA) is 105 Å². The van der Waals surface area contributed by atoms with Crippen molar-refractivity contribution in [3.05, 3.63) is 91.9 Å². The molecule has 0 aromatic heterocycles. The van der Waals surface area contributed by atoms with Crippen molar-refractivity contribution in [3.8, 4) is 0 Å². The predicted molar refractivity (Wildman–Crippen MR) is 148 cm³/mol. The fourth-order valence-electron chi connectivity index (χ4n) is 5.14. The fraction of sp³-hybridized carbons (Fsp3) is 0.222. The second-order valence-corrected chi connectivity index (χ2v) is 11.0. The Morgan fingerprint density at radius 2 is 1.89 bits per heavy atom. The maximum atomic E-state index is 13.7. The van der Waals surface area contributed by atoms with Crippen molar-refractivity contribution in [1.29, 1.82) is 0 Å². The number of hydrogen-bond acceptors (Lipinski definition) is 4. The number of carbonyl (C=O) groups excluding carboxylic acids is 3. The van der Waals surface area contributed by atoms with Gasteiger partial charge in [-0.1, -0.05) is 57.3 Å². The van der Waals surface area contributed by atoms with E-state index in [0.717, 1.165) is 5.56 Å². The van der Waals surface area contributed by atoms with Gasteiger partial charge in [0.05, 0.1) is 5.56 Å². The van der Waals surface area contributed by atoms with Crippen LogP contribution in [0.25, 0.3) is 0 Å². The largest absolute Gasteiger partial charge is 0.368 e. The van der Waals surface area contributed by atoms with Crippen LogP contribution in [-0.4, -0.2) is 35.2 Å². The lowest BCUT2D eigenvalue weighted by Gasteiger charge is -2.32. The summed E-state index contributed by atoms with van der Waals surface area (Å²) in [5, 5.41) is 7.39. The first-order valence-electron chi connectivity index (χ1n) is 11.7. The number of primary amides is 1. The summed E-state index contributed by atoms with van der Waals surface area (Å²) in [7, 11) is 0. The van der Waals surface area contributed by atoms with E-state index in [1.807, 2.05) is 12.1 Å². The molecule has 7 nitrogen and oxygen atoms in total. The highest BCUT2D eigenvalue weighted by atomic mass is 79.9. The number of hydrogen-bond donors (Lipinski definition) is 3. The molecule has 0 aliphatic carbocycles. The lowest BCUT2D eigenvalue weighted by atomic mass is 9.84. The van der Waals surface area contributed by atoms with Crippen molar-refractivity contribution >= 4 is 68.2 Å². The third kappa shape index (κ3) is 4.81. The van der Waals surface area contributed by atoms with E-state index in [9.17, 15) is 14.4 Å². The Morgan fingerprint density at radius 1 is 1.11 bits per heavy atom. The molecule has 10 heteroatoms. The molecule has 3 amide bonds. The Bertz CT molecular complexity index is 1430. The standard InChI is InChI=1S/C27H23BrCl2N4O3/c28-16-6-8-19(25(36)34-10-2-5-23(34)24(31)35)21(12-16)33-27(14-15-3-1-4-17(29)11-15)20-9-7-18(30)13-22(20)32-26(27)37/h1,3-4,6-9,11-13,23,33H,2,5,10,14H2,(H2,31,35)(H,32,37). The van der Waals surface area contributed by atoms with Crippen LogP contribution in [0.1, 0.15) is 34.3 Å². The summed E-state index contributed by atoms with van der Waals surface area (Å²) in [6.45, 7) is 0.428. The molecular formula is C27H23BrCl2N4O3. The zero-order valence-corrected chi connectivity index (χ0v) is 22.7. The lowest BCUT2D eigenvalue weighted by molar-refractivity contribution is -0.121. The molecular weight excluding hydrogens is 579 g/mol. The third-order valence-electron chi connectivity index (χ3n) is 6.84. The Hall–Kier alpha value is -3.07. The van der Waals surface area contributed by atoms with Crippen molar-refractivity contribution in [2.24, 2.45) is 5.73 Å². The first kappa shape index (κ1) is 25.6. The molecule has 2 aliphatic heterocycles. The summed E-state index contributed by atoms with van der Waals surface area (Å²) in [4.78, 5) is 40.9. The van der Waals surface area contributed by atoms with Gasteiger partial charge in [0.1, 0.15) is 11.6 Å². The minimum atomic E-state index is -1.27. The van der Waals surface area contributed by atoms with Crippen LogP contribution in [0.15, 0.2) is 65.1 Å². The van der Waals surface area contributed by atoms with E-state index in [4.69, 9.17) is 28.9 Å². The summed E-state index contributed by atoms with van der Waals surface area (Å²) in [6.07, 6.45) is 1.46. The van der Waals surface area contributed by atoms with Gasteiger partial charge in [0.15, 0.2) is 0 Å². The summed E-state index contributed by atoms with van der Waals surface area (Å²) in [5.74, 6) is -1.15. The summed E-state index contributed by atoms with van der Waals surface area (Å²) >= 11 is 16.0. The number of halogens is 3. The molecule has 1 saturated heterocycles. The third-order valence-corrected chi connectivity index (χ3v) is 7.80. The van der Waals surface area contributed by atoms with E-state index < -0.39 is 17.5 Å². The van der Waals surface area contributed by atoms with Gasteiger partial charge < -0.3 is 21.3 Å². The summed E-state index contributed by atoms with van der Waals surface area (Å²) in [6, 6.07) is 17.0. The van der Waals surface area contributed by atoms with Gasteiger partial charge in [0.25, 0.3) is 11.8 Å². The van der Waals surface area contributed by atoms with Crippen LogP contribution in [0.5, 0.6) is 0 Å². The molecule has 3 aromatic carbocycles. The van der Waals surface area contributed by atoms with E-state index >= 15 is 0 Å². The summed E-state index contributed by atoms with van der Waals surface area (Å²) in [5.41, 5.74) is 7.18. The molecule has 0 saturated carbocycles. The van der Waals surface area contributed by atoms with Crippen LogP contribution in [0.3, 0.4) is 0 Å². The maximum absolute atomic E-state index is 13.7. The van der Waals surface area contributed by atoms with E-state index in [0.29, 0.717) is 56.4 Å². The van der Waals surface area contributed by atoms with Gasteiger partial charge >= 0.3 is 0 Å². The lowest BCUT2D eigenvalue weighted by Crippen LogP contribution is -2.46. The van der Waals surface area contributed by atoms with Gasteiger partial charge in [-0.05, 0) is 60.9 Å².